The van der Waals surface area contributed by atoms with E-state index in [1.54, 1.807) is 36.5 Å². The zero-order valence-corrected chi connectivity index (χ0v) is 42.7. The number of unbranched alkanes of at least 4 members (excludes halogenated alkanes) is 1. The molecule has 74 heavy (non-hydrogen) atoms. The number of primary amides is 1. The molecule has 4 aromatic rings. The summed E-state index contributed by atoms with van der Waals surface area (Å²) in [6.45, 7) is 2.63. The third kappa shape index (κ3) is 18.5. The SMILES string of the molecule is CCCC[C@H](NC(C)=O)C(=O)N[C@@H]1CSSC[C@@H](C(N)=O)NC(=O)[C@H](Cc2c[nH]c3ccccc23)NC(=O)[C@H](CCCNC(=N)N)NC(=O)[C@@H](Cc2ccccc2)NC(=O)[C@H](Cc2c[nH]cn2)NC(=O)CNC1=O. The monoisotopic (exact) mass is 1060 g/mol. The number of benzene rings is 2. The number of hydrogen-bond acceptors (Lipinski definition) is 13. The molecular weight excluding hydrogens is 995 g/mol. The number of amides is 9. The molecule has 3 heterocycles. The zero-order chi connectivity index (χ0) is 53.6. The molecule has 0 saturated carbocycles. The van der Waals surface area contributed by atoms with Gasteiger partial charge in [-0.3, -0.25) is 48.6 Å². The average Bonchev–Trinajstić information content (AvgIpc) is 4.05. The fraction of sp³-hybridized carbons (Fsp3) is 0.438. The summed E-state index contributed by atoms with van der Waals surface area (Å²) < 4.78 is 0. The van der Waals surface area contributed by atoms with Gasteiger partial charge < -0.3 is 69.3 Å². The van der Waals surface area contributed by atoms with E-state index in [1.807, 2.05) is 31.2 Å². The zero-order valence-electron chi connectivity index (χ0n) is 41.0. The second-order valence-electron chi connectivity index (χ2n) is 17.5. The number of hydrogen-bond donors (Lipinski definition) is 14. The van der Waals surface area contributed by atoms with E-state index in [2.05, 4.69) is 62.8 Å². The molecule has 1 saturated heterocycles. The van der Waals surface area contributed by atoms with Crippen LogP contribution in [0.15, 0.2) is 73.3 Å². The van der Waals surface area contributed by atoms with Gasteiger partial charge in [0.05, 0.1) is 18.6 Å². The number of guanidine groups is 1. The van der Waals surface area contributed by atoms with E-state index in [0.29, 0.717) is 29.7 Å². The fourth-order valence-corrected chi connectivity index (χ4v) is 10.2. The number of nitrogens with zero attached hydrogens (tertiary/aromatic N) is 1. The summed E-state index contributed by atoms with van der Waals surface area (Å²) in [5.74, 6) is -7.48. The minimum Gasteiger partial charge on any atom is -0.370 e. The van der Waals surface area contributed by atoms with Gasteiger partial charge in [0.2, 0.25) is 53.2 Å². The van der Waals surface area contributed by atoms with Crippen molar-refractivity contribution in [3.05, 3.63) is 90.1 Å². The van der Waals surface area contributed by atoms with E-state index in [9.17, 15) is 43.2 Å². The standard InChI is InChI=1S/C48H65N15O9S2/c1-3-4-14-33(57-27(2)64)43(68)63-39-25-74-73-24-38(41(49)66)62-46(71)36(19-29-21-54-32-15-9-8-13-31(29)32)61-44(69)34(16-10-17-53-48(50)51)59-45(70)35(18-28-11-6-5-7-12-28)60-47(72)37(20-30-22-52-26-56-30)58-40(65)23-55-42(39)67/h5-9,11-13,15,21-22,26,33-39,54H,3-4,10,14,16-20,23-25H2,1-2H3,(H2,49,66)(H,52,56)(H,55,67)(H,57,64)(H,58,65)(H,59,70)(H,60,72)(H,61,69)(H,62,71)(H,63,68)(H4,50,51,53)/t33-,34-,35+,36-,37-,38-,39+/m0/s1. The van der Waals surface area contributed by atoms with Crippen molar-refractivity contribution in [3.8, 4) is 0 Å². The highest BCUT2D eigenvalue weighted by atomic mass is 33.1. The molecule has 7 atom stereocenters. The summed E-state index contributed by atoms with van der Waals surface area (Å²) in [6, 6.07) is 6.95. The van der Waals surface area contributed by atoms with E-state index in [4.69, 9.17) is 16.9 Å². The van der Waals surface area contributed by atoms with Crippen molar-refractivity contribution in [1.29, 1.82) is 5.41 Å². The second-order valence-corrected chi connectivity index (χ2v) is 20.1. The molecule has 1 aliphatic heterocycles. The van der Waals surface area contributed by atoms with Gasteiger partial charge >= 0.3 is 0 Å². The predicted octanol–water partition coefficient (Wildman–Crippen LogP) is -1.22. The van der Waals surface area contributed by atoms with Crippen molar-refractivity contribution < 1.29 is 43.2 Å². The summed E-state index contributed by atoms with van der Waals surface area (Å²) in [7, 11) is 2.08. The molecule has 0 unspecified atom stereocenters. The Kier molecular flexibility index (Phi) is 22.6. The van der Waals surface area contributed by atoms with Crippen LogP contribution in [0.3, 0.4) is 0 Å². The molecule has 0 radical (unpaired) electrons. The molecule has 24 nitrogen and oxygen atoms in total. The lowest BCUT2D eigenvalue weighted by Crippen LogP contribution is -2.60. The van der Waals surface area contributed by atoms with Crippen molar-refractivity contribution >= 4 is 91.6 Å². The van der Waals surface area contributed by atoms with Crippen molar-refractivity contribution in [2.45, 2.75) is 108 Å². The Morgan fingerprint density at radius 3 is 2.09 bits per heavy atom. The first-order valence-electron chi connectivity index (χ1n) is 24.0. The number of imidazole rings is 1. The number of nitrogens with one attached hydrogen (secondary N) is 12. The number of fused-ring (bicyclic) bond motifs is 1. The van der Waals surface area contributed by atoms with Crippen molar-refractivity contribution in [2.75, 3.05) is 24.6 Å². The Morgan fingerprint density at radius 2 is 1.42 bits per heavy atom. The van der Waals surface area contributed by atoms with Gasteiger partial charge in [0.1, 0.15) is 42.3 Å². The van der Waals surface area contributed by atoms with E-state index in [1.165, 1.54) is 19.4 Å². The Labute approximate surface area is 435 Å². The molecule has 0 spiro atoms. The van der Waals surface area contributed by atoms with Gasteiger partial charge in [-0.25, -0.2) is 4.98 Å². The first kappa shape index (κ1) is 57.3. The predicted molar refractivity (Wildman–Crippen MR) is 279 cm³/mol. The Bertz CT molecular complexity index is 2580. The van der Waals surface area contributed by atoms with Crippen molar-refractivity contribution in [2.24, 2.45) is 11.5 Å². The summed E-state index contributed by atoms with van der Waals surface area (Å²) in [6.07, 6.45) is 5.96. The van der Waals surface area contributed by atoms with Crippen LogP contribution in [0.1, 0.15) is 62.8 Å². The number of aromatic nitrogens is 3. The number of rotatable bonds is 17. The van der Waals surface area contributed by atoms with Gasteiger partial charge in [0, 0.05) is 67.5 Å². The molecule has 5 rings (SSSR count). The number of nitrogens with two attached hydrogens (primary N) is 2. The summed E-state index contributed by atoms with van der Waals surface area (Å²) in [5, 5.41) is 32.4. The lowest BCUT2D eigenvalue weighted by atomic mass is 10.0. The molecule has 0 bridgehead atoms. The van der Waals surface area contributed by atoms with Gasteiger partial charge in [-0.1, -0.05) is 89.9 Å². The Balaban J connectivity index is 1.53. The van der Waals surface area contributed by atoms with Crippen LogP contribution in [0.25, 0.3) is 10.9 Å². The molecule has 26 heteroatoms. The van der Waals surface area contributed by atoms with Crippen LogP contribution in [-0.2, 0) is 62.4 Å². The highest BCUT2D eigenvalue weighted by Crippen LogP contribution is 2.24. The first-order chi connectivity index (χ1) is 35.5. The normalized spacial score (nSPS) is 21.3. The Morgan fingerprint density at radius 1 is 0.770 bits per heavy atom. The smallest absolute Gasteiger partial charge is 0.243 e. The van der Waals surface area contributed by atoms with Crippen LogP contribution in [0.5, 0.6) is 0 Å². The van der Waals surface area contributed by atoms with Crippen molar-refractivity contribution in [3.63, 3.8) is 0 Å². The number of carbonyl (C=O) groups is 9. The average molecular weight is 1060 g/mol. The van der Waals surface area contributed by atoms with Gasteiger partial charge in [0.15, 0.2) is 5.96 Å². The molecular formula is C48H65N15O9S2. The van der Waals surface area contributed by atoms with Crippen LogP contribution in [-0.4, -0.2) is 141 Å². The van der Waals surface area contributed by atoms with Crippen LogP contribution in [0, 0.1) is 5.41 Å². The third-order valence-corrected chi connectivity index (χ3v) is 14.1. The van der Waals surface area contributed by atoms with E-state index < -0.39 is 102 Å². The quantitative estimate of drug-likeness (QED) is 0.0255. The first-order valence-corrected chi connectivity index (χ1v) is 26.5. The molecule has 2 aromatic heterocycles. The minimum atomic E-state index is -1.37. The lowest BCUT2D eigenvalue weighted by molar-refractivity contribution is -0.135. The van der Waals surface area contributed by atoms with E-state index >= 15 is 0 Å². The van der Waals surface area contributed by atoms with Crippen molar-refractivity contribution in [1.82, 2.24) is 62.8 Å². The van der Waals surface area contributed by atoms with Crippen LogP contribution < -0.4 is 59.3 Å². The maximum absolute atomic E-state index is 14.6. The number of H-pyrrole nitrogens is 2. The van der Waals surface area contributed by atoms with Crippen LogP contribution in [0.4, 0.5) is 0 Å². The fourth-order valence-electron chi connectivity index (χ4n) is 7.84. The summed E-state index contributed by atoms with van der Waals surface area (Å²) in [5.41, 5.74) is 13.7. The molecule has 2 aromatic carbocycles. The summed E-state index contributed by atoms with van der Waals surface area (Å²) >= 11 is 0. The molecule has 0 aliphatic carbocycles. The molecule has 398 valence electrons. The van der Waals surface area contributed by atoms with Gasteiger partial charge in [-0.2, -0.15) is 0 Å². The maximum Gasteiger partial charge on any atom is 0.243 e. The van der Waals surface area contributed by atoms with Gasteiger partial charge in [-0.15, -0.1) is 0 Å². The largest absolute Gasteiger partial charge is 0.370 e. The van der Waals surface area contributed by atoms with Crippen LogP contribution >= 0.6 is 21.6 Å². The van der Waals surface area contributed by atoms with Gasteiger partial charge in [-0.05, 0) is 36.5 Å². The van der Waals surface area contributed by atoms with Gasteiger partial charge in [0.25, 0.3) is 0 Å². The maximum atomic E-state index is 14.6. The number of para-hydroxylation sites is 1. The lowest BCUT2D eigenvalue weighted by Gasteiger charge is -2.27. The topological polar surface area (TPSA) is 382 Å². The Hall–Kier alpha value is -7.61. The van der Waals surface area contributed by atoms with E-state index in [-0.39, 0.29) is 62.5 Å². The van der Waals surface area contributed by atoms with Crippen LogP contribution in [0.2, 0.25) is 0 Å². The minimum absolute atomic E-state index is 0.0410. The third-order valence-electron chi connectivity index (χ3n) is 11.7. The highest BCUT2D eigenvalue weighted by molar-refractivity contribution is 8.76. The highest BCUT2D eigenvalue weighted by Gasteiger charge is 2.34. The molecule has 1 aliphatic rings. The molecule has 1 fully saturated rings. The number of carbonyl (C=O) groups excluding carboxylic acids is 9. The summed E-state index contributed by atoms with van der Waals surface area (Å²) in [4.78, 5) is 134. The number of aromatic amines is 2. The molecule has 9 amide bonds. The molecule has 16 N–H and O–H groups in total. The second kappa shape index (κ2) is 29.2. The van der Waals surface area contributed by atoms with E-state index in [0.717, 1.165) is 32.5 Å².